The van der Waals surface area contributed by atoms with E-state index in [0.717, 1.165) is 25.7 Å². The van der Waals surface area contributed by atoms with Crippen molar-refractivity contribution in [2.24, 2.45) is 16.3 Å². The number of ketones is 1. The van der Waals surface area contributed by atoms with Crippen molar-refractivity contribution in [2.45, 2.75) is 92.4 Å². The van der Waals surface area contributed by atoms with Gasteiger partial charge in [-0.1, -0.05) is 41.0 Å². The van der Waals surface area contributed by atoms with E-state index in [-0.39, 0.29) is 28.6 Å². The predicted octanol–water partition coefficient (Wildman–Crippen LogP) is 7.55. The Morgan fingerprint density at radius 3 is 2.53 bits per heavy atom. The highest BCUT2D eigenvalue weighted by Gasteiger charge is 2.35. The summed E-state index contributed by atoms with van der Waals surface area (Å²) in [5.41, 5.74) is -0.0483. The maximum Gasteiger partial charge on any atom is 0.432 e. The van der Waals surface area contributed by atoms with E-state index in [1.54, 1.807) is 0 Å². The average molecular weight is 516 g/mol. The van der Waals surface area contributed by atoms with Gasteiger partial charge in [0.05, 0.1) is 7.11 Å². The topological polar surface area (TPSA) is 85.9 Å². The molecule has 1 amide bonds. The summed E-state index contributed by atoms with van der Waals surface area (Å²) in [7, 11) is 1.29. The van der Waals surface area contributed by atoms with E-state index in [2.05, 4.69) is 42.6 Å². The molecule has 0 N–H and O–H groups in total. The molecule has 0 aliphatic heterocycles. The summed E-state index contributed by atoms with van der Waals surface area (Å²) in [6.45, 7) is 12.1. The Kier molecular flexibility index (Phi) is 11.3. The van der Waals surface area contributed by atoms with Crippen LogP contribution in [-0.4, -0.2) is 25.2 Å². The first-order chi connectivity index (χ1) is 17.0. The molecule has 198 valence electrons. The Labute approximate surface area is 219 Å². The van der Waals surface area contributed by atoms with Gasteiger partial charge in [0.15, 0.2) is 5.78 Å². The first-order valence-electron chi connectivity index (χ1n) is 12.9. The van der Waals surface area contributed by atoms with Crippen molar-refractivity contribution in [3.63, 3.8) is 0 Å². The number of carbonyl (C=O) groups excluding carboxylic acids is 2. The molecule has 0 aliphatic carbocycles. The molecule has 0 bridgehead atoms. The van der Waals surface area contributed by atoms with Gasteiger partial charge in [0.1, 0.15) is 11.3 Å². The molecule has 6 nitrogen and oxygen atoms in total. The second kappa shape index (κ2) is 13.7. The number of rotatable bonds is 13. The van der Waals surface area contributed by atoms with Crippen LogP contribution in [0.15, 0.2) is 32.4 Å². The molecule has 0 saturated heterocycles. The maximum absolute atomic E-state index is 13.5. The highest BCUT2D eigenvalue weighted by atomic mass is 32.1. The van der Waals surface area contributed by atoms with Crippen LogP contribution in [0.4, 0.5) is 4.79 Å². The Morgan fingerprint density at radius 2 is 1.89 bits per heavy atom. The molecule has 2 unspecified atom stereocenters. The van der Waals surface area contributed by atoms with Crippen LogP contribution in [0, 0.1) is 18.3 Å². The van der Waals surface area contributed by atoms with Gasteiger partial charge in [-0.3, -0.25) is 4.79 Å². The van der Waals surface area contributed by atoms with Gasteiger partial charge in [-0.2, -0.15) is 4.99 Å². The molecule has 2 aromatic heterocycles. The van der Waals surface area contributed by atoms with Gasteiger partial charge in [0.25, 0.3) is 0 Å². The third kappa shape index (κ3) is 8.26. The fourth-order valence-corrected chi connectivity index (χ4v) is 5.50. The van der Waals surface area contributed by atoms with Crippen LogP contribution in [0.25, 0.3) is 0 Å². The number of hydrogen-bond acceptors (Lipinski definition) is 6. The van der Waals surface area contributed by atoms with Gasteiger partial charge < -0.3 is 9.15 Å². The van der Waals surface area contributed by atoms with Gasteiger partial charge >= 0.3 is 11.7 Å². The number of nitrogens with zero attached hydrogens (tertiary/aromatic N) is 1. The number of Topliss-reactive ketones (excluding diaryl/α,β-unsaturated/α-hetero) is 1. The minimum atomic E-state index is -0.616. The molecule has 0 aromatic carbocycles. The monoisotopic (exact) mass is 515 g/mol. The average Bonchev–Trinajstić information content (AvgIpc) is 3.27. The molecule has 0 aliphatic rings. The number of carbonyl (C=O) groups is 2. The highest BCUT2D eigenvalue weighted by molar-refractivity contribution is 7.12. The number of aryl methyl sites for hydroxylation is 2. The molecule has 2 atom stereocenters. The quantitative estimate of drug-likeness (QED) is 0.156. The summed E-state index contributed by atoms with van der Waals surface area (Å²) in [6, 6.07) is 6.19. The van der Waals surface area contributed by atoms with Crippen LogP contribution in [0.2, 0.25) is 0 Å². The van der Waals surface area contributed by atoms with Crippen molar-refractivity contribution in [1.29, 1.82) is 0 Å². The second-order valence-corrected chi connectivity index (χ2v) is 11.6. The summed E-state index contributed by atoms with van der Waals surface area (Å²) < 4.78 is 10.1. The second-order valence-electron chi connectivity index (χ2n) is 10.3. The zero-order valence-corrected chi connectivity index (χ0v) is 23.6. The minimum absolute atomic E-state index is 0.00155. The van der Waals surface area contributed by atoms with Crippen LogP contribution in [0.3, 0.4) is 0 Å². The molecular formula is C29H41NO5S. The molecule has 0 saturated carbocycles. The number of hydrogen-bond donors (Lipinski definition) is 0. The van der Waals surface area contributed by atoms with Crippen LogP contribution in [0.5, 0.6) is 0 Å². The van der Waals surface area contributed by atoms with E-state index in [0.29, 0.717) is 17.7 Å². The molecule has 0 fully saturated rings. The lowest BCUT2D eigenvalue weighted by atomic mass is 9.73. The number of aliphatic imine (C=N–C) groups is 1. The first-order valence-corrected chi connectivity index (χ1v) is 13.7. The molecule has 0 spiro atoms. The number of ether oxygens (including phenoxy) is 1. The smallest absolute Gasteiger partial charge is 0.432 e. The number of amides is 1. The van der Waals surface area contributed by atoms with E-state index >= 15 is 0 Å². The van der Waals surface area contributed by atoms with Gasteiger partial charge in [-0.15, -0.1) is 11.3 Å². The Balaban J connectivity index is 2.08. The summed E-state index contributed by atoms with van der Waals surface area (Å²) in [4.78, 5) is 43.7. The van der Waals surface area contributed by atoms with Crippen LogP contribution in [0.1, 0.15) is 104 Å². The van der Waals surface area contributed by atoms with E-state index in [9.17, 15) is 14.4 Å². The van der Waals surface area contributed by atoms with Crippen molar-refractivity contribution in [3.8, 4) is 0 Å². The molecule has 2 heterocycles. The fourth-order valence-electron chi connectivity index (χ4n) is 4.20. The number of methoxy groups -OCH3 is 1. The van der Waals surface area contributed by atoms with Crippen molar-refractivity contribution in [1.82, 2.24) is 0 Å². The molecule has 36 heavy (non-hydrogen) atoms. The van der Waals surface area contributed by atoms with Crippen molar-refractivity contribution in [2.75, 3.05) is 7.11 Å². The fraction of sp³-hybridized carbons (Fsp3) is 0.586. The van der Waals surface area contributed by atoms with E-state index in [4.69, 9.17) is 4.42 Å². The molecule has 2 aromatic rings. The minimum Gasteiger partial charge on any atom is -0.451 e. The van der Waals surface area contributed by atoms with E-state index < -0.39 is 11.7 Å². The van der Waals surface area contributed by atoms with Crippen LogP contribution >= 0.6 is 11.3 Å². The van der Waals surface area contributed by atoms with Gasteiger partial charge in [-0.25, -0.2) is 9.59 Å². The SMILES string of the molecule is CCCCc1ccc(CC(C)(C)C(C)C(=O)c2c(C)cc(C(C)CCCC=NC(=O)OC)oc2=O)s1. The maximum atomic E-state index is 13.5. The lowest BCUT2D eigenvalue weighted by Gasteiger charge is -2.30. The van der Waals surface area contributed by atoms with Gasteiger partial charge in [-0.05, 0) is 74.6 Å². The Morgan fingerprint density at radius 1 is 1.19 bits per heavy atom. The van der Waals surface area contributed by atoms with Crippen molar-refractivity contribution in [3.05, 3.63) is 55.3 Å². The van der Waals surface area contributed by atoms with E-state index in [1.807, 2.05) is 38.2 Å². The number of unbranched alkanes of at least 4 members (excludes halogenated alkanes) is 2. The third-order valence-corrected chi connectivity index (χ3v) is 8.08. The van der Waals surface area contributed by atoms with Crippen LogP contribution in [-0.2, 0) is 17.6 Å². The molecular weight excluding hydrogens is 474 g/mol. The largest absolute Gasteiger partial charge is 0.451 e. The zero-order valence-electron chi connectivity index (χ0n) is 22.8. The summed E-state index contributed by atoms with van der Waals surface area (Å²) in [5.74, 6) is 0.0793. The van der Waals surface area contributed by atoms with Crippen LogP contribution < -0.4 is 5.63 Å². The van der Waals surface area contributed by atoms with Crippen molar-refractivity contribution >= 4 is 29.4 Å². The Hall–Kier alpha value is -2.54. The lowest BCUT2D eigenvalue weighted by Crippen LogP contribution is -2.33. The summed E-state index contributed by atoms with van der Waals surface area (Å²) in [6.07, 6.45) is 7.32. The third-order valence-electron chi connectivity index (χ3n) is 6.93. The lowest BCUT2D eigenvalue weighted by molar-refractivity contribution is 0.0815. The van der Waals surface area contributed by atoms with Crippen molar-refractivity contribution < 1.29 is 18.7 Å². The van der Waals surface area contributed by atoms with Gasteiger partial charge in [0, 0.05) is 27.8 Å². The Bertz CT molecular complexity index is 1110. The summed E-state index contributed by atoms with van der Waals surface area (Å²) >= 11 is 1.83. The normalized spacial score (nSPS) is 13.6. The summed E-state index contributed by atoms with van der Waals surface area (Å²) in [5, 5.41) is 0. The standard InChI is InChI=1S/C29H41NO5S/c1-8-9-13-22-14-15-23(36-22)18-29(5,6)21(4)26(31)25-20(3)17-24(35-27(25)32)19(2)12-10-11-16-30-28(33)34-7/h14-17,19,21H,8-13,18H2,1-7H3. The molecule has 2 rings (SSSR count). The highest BCUT2D eigenvalue weighted by Crippen LogP contribution is 2.36. The molecule has 0 radical (unpaired) electrons. The van der Waals surface area contributed by atoms with Gasteiger partial charge in [0.2, 0.25) is 0 Å². The first kappa shape index (κ1) is 29.7. The molecule has 7 heteroatoms. The van der Waals surface area contributed by atoms with E-state index in [1.165, 1.54) is 35.9 Å². The number of thiophene rings is 1. The zero-order chi connectivity index (χ0) is 26.9. The predicted molar refractivity (Wildman–Crippen MR) is 147 cm³/mol.